The van der Waals surface area contributed by atoms with Crippen molar-refractivity contribution < 1.29 is 48.4 Å². The summed E-state index contributed by atoms with van der Waals surface area (Å²) in [5, 5.41) is 0. The first kappa shape index (κ1) is 23.6. The summed E-state index contributed by atoms with van der Waals surface area (Å²) in [6.07, 6.45) is 7.50. The molecule has 0 spiro atoms. The zero-order valence-electron chi connectivity index (χ0n) is 13.2. The molecule has 0 bridgehead atoms. The molecule has 0 saturated carbocycles. The second-order valence-corrected chi connectivity index (χ2v) is 5.15. The van der Waals surface area contributed by atoms with Gasteiger partial charge in [-0.05, 0) is 31.1 Å². The number of rotatable bonds is 5. The van der Waals surface area contributed by atoms with Crippen LogP contribution in [0.4, 0.5) is 0 Å². The molecule has 0 aliphatic rings. The first-order valence-electron chi connectivity index (χ1n) is 6.28. The maximum atomic E-state index is 10.2. The van der Waals surface area contributed by atoms with Crippen LogP contribution in [0.25, 0.3) is 0 Å². The molecule has 0 aliphatic carbocycles. The summed E-state index contributed by atoms with van der Waals surface area (Å²) in [5.74, 6) is 0. The van der Waals surface area contributed by atoms with Crippen molar-refractivity contribution in [3.63, 3.8) is 0 Å². The fraction of sp³-hybridized carbons (Fsp3) is 0.188. The summed E-state index contributed by atoms with van der Waals surface area (Å²) >= 11 is 0. The topological polar surface area (TPSA) is 69.6 Å². The number of hydrogen-bond donors (Lipinski definition) is 1. The van der Waals surface area contributed by atoms with Gasteiger partial charge in [-0.25, -0.2) is 0 Å². The van der Waals surface area contributed by atoms with Crippen LogP contribution in [-0.2, 0) is 15.7 Å². The zero-order chi connectivity index (χ0) is 16.1. The second-order valence-electron chi connectivity index (χ2n) is 3.96. The minimum atomic E-state index is -4.58. The molecule has 0 amide bonds. The van der Waals surface area contributed by atoms with Gasteiger partial charge in [-0.2, -0.15) is 0 Å². The van der Waals surface area contributed by atoms with E-state index in [2.05, 4.69) is 16.8 Å². The van der Waals surface area contributed by atoms with Gasteiger partial charge >= 0.3 is 29.6 Å². The van der Waals surface area contributed by atoms with Crippen LogP contribution >= 0.6 is 7.82 Å². The van der Waals surface area contributed by atoms with E-state index in [0.717, 1.165) is 5.57 Å². The predicted molar refractivity (Wildman–Crippen MR) is 83.3 cm³/mol. The summed E-state index contributed by atoms with van der Waals surface area (Å²) in [6.45, 7) is 7.40. The van der Waals surface area contributed by atoms with E-state index in [-0.39, 0.29) is 36.2 Å². The Bertz CT molecular complexity index is 555. The van der Waals surface area contributed by atoms with Crippen molar-refractivity contribution in [1.29, 1.82) is 0 Å². The van der Waals surface area contributed by atoms with Gasteiger partial charge in [-0.1, -0.05) is 55.1 Å². The molecule has 114 valence electrons. The number of phosphoric ester groups is 1. The van der Waals surface area contributed by atoms with Crippen LogP contribution in [-0.4, -0.2) is 4.89 Å². The van der Waals surface area contributed by atoms with E-state index >= 15 is 0 Å². The van der Waals surface area contributed by atoms with Gasteiger partial charge in [0.1, 0.15) is 0 Å². The van der Waals surface area contributed by atoms with Crippen LogP contribution in [0, 0.1) is 0 Å². The summed E-state index contributed by atoms with van der Waals surface area (Å²) in [4.78, 5) is 18.4. The summed E-state index contributed by atoms with van der Waals surface area (Å²) in [6, 6.07) is 8.72. The number of phosphoric acid groups is 1. The third kappa shape index (κ3) is 15.7. The Labute approximate surface area is 154 Å². The van der Waals surface area contributed by atoms with Crippen molar-refractivity contribution in [1.82, 2.24) is 0 Å². The Balaban J connectivity index is 0. The van der Waals surface area contributed by atoms with Gasteiger partial charge in [-0.15, -0.1) is 5.73 Å². The Morgan fingerprint density at radius 3 is 2.50 bits per heavy atom. The third-order valence-electron chi connectivity index (χ3n) is 2.08. The van der Waals surface area contributed by atoms with E-state index in [9.17, 15) is 9.46 Å². The fourth-order valence-electron chi connectivity index (χ4n) is 1.22. The second kappa shape index (κ2) is 14.0. The smallest absolute Gasteiger partial charge is 0.756 e. The minimum Gasteiger partial charge on any atom is -0.756 e. The molecule has 22 heavy (non-hydrogen) atoms. The summed E-state index contributed by atoms with van der Waals surface area (Å²) in [7, 11) is -4.58. The monoisotopic (exact) mass is 330 g/mol. The first-order chi connectivity index (χ1) is 9.89. The molecule has 4 nitrogen and oxygen atoms in total. The number of allylic oxidation sites excluding steroid dienone is 4. The molecule has 1 aromatic carbocycles. The van der Waals surface area contributed by atoms with Gasteiger partial charge in [0, 0.05) is 0 Å². The number of benzene rings is 1. The van der Waals surface area contributed by atoms with E-state index in [1.807, 2.05) is 26.0 Å². The van der Waals surface area contributed by atoms with Crippen LogP contribution in [0.2, 0.25) is 0 Å². The fourth-order valence-corrected chi connectivity index (χ4v) is 1.53. The summed E-state index contributed by atoms with van der Waals surface area (Å²) < 4.78 is 14.3. The van der Waals surface area contributed by atoms with Crippen molar-refractivity contribution in [3.05, 3.63) is 78.1 Å². The Kier molecular flexibility index (Phi) is 15.0. The average molecular weight is 330 g/mol. The van der Waals surface area contributed by atoms with Crippen LogP contribution < -0.4 is 34.5 Å². The zero-order valence-corrected chi connectivity index (χ0v) is 16.1. The molecule has 1 rings (SSSR count). The Hall–Kier alpha value is -0.670. The van der Waals surface area contributed by atoms with Crippen LogP contribution in [0.1, 0.15) is 19.4 Å². The first-order valence-corrected chi connectivity index (χ1v) is 7.78. The molecule has 0 radical (unpaired) electrons. The van der Waals surface area contributed by atoms with Crippen LogP contribution in [0.5, 0.6) is 0 Å². The van der Waals surface area contributed by atoms with Crippen molar-refractivity contribution in [2.24, 2.45) is 0 Å². The molecular weight excluding hydrogens is 310 g/mol. The van der Waals surface area contributed by atoms with E-state index in [1.54, 1.807) is 42.5 Å². The number of hydrogen-bond acceptors (Lipinski definition) is 3. The molecule has 1 aromatic rings. The van der Waals surface area contributed by atoms with Gasteiger partial charge in [0.05, 0.1) is 6.61 Å². The largest absolute Gasteiger partial charge is 1.00 e. The normalized spacial score (nSPS) is 12.0. The van der Waals surface area contributed by atoms with Crippen molar-refractivity contribution >= 4 is 7.82 Å². The predicted octanol–water partition coefficient (Wildman–Crippen LogP) is 0.518. The van der Waals surface area contributed by atoms with Crippen LogP contribution in [0.3, 0.4) is 0 Å². The molecule has 6 heteroatoms. The van der Waals surface area contributed by atoms with E-state index in [1.165, 1.54) is 0 Å². The van der Waals surface area contributed by atoms with E-state index < -0.39 is 7.82 Å². The molecule has 1 atom stereocenters. The molecular formula is C16H20NaO4P. The van der Waals surface area contributed by atoms with Gasteiger partial charge in [-0.3, -0.25) is 4.57 Å². The standard InChI is InChI=1S/C9H12.C7H9O4P.Na/c1-4-6-8-9(3)7-5-2;8-12(9,10)11-6-7-4-2-1-3-5-7;/h4-7H,1H2,2-3H3;1-5H,6H2,(H2,8,9,10);/q;;+1/p-1/b7-5-;;. The molecule has 0 aromatic heterocycles. The van der Waals surface area contributed by atoms with Crippen LogP contribution in [0.15, 0.2) is 72.5 Å². The van der Waals surface area contributed by atoms with Crippen molar-refractivity contribution in [2.45, 2.75) is 20.5 Å². The molecule has 0 saturated heterocycles. The average Bonchev–Trinajstić information content (AvgIpc) is 2.44. The Morgan fingerprint density at radius 2 is 2.05 bits per heavy atom. The molecule has 0 heterocycles. The molecule has 1 unspecified atom stereocenters. The summed E-state index contributed by atoms with van der Waals surface area (Å²) in [5.41, 5.74) is 4.84. The third-order valence-corrected chi connectivity index (χ3v) is 2.54. The van der Waals surface area contributed by atoms with Gasteiger partial charge in [0.2, 0.25) is 0 Å². The molecule has 1 N–H and O–H groups in total. The Morgan fingerprint density at radius 1 is 1.45 bits per heavy atom. The van der Waals surface area contributed by atoms with E-state index in [0.29, 0.717) is 5.56 Å². The van der Waals surface area contributed by atoms with Crippen molar-refractivity contribution in [3.8, 4) is 0 Å². The van der Waals surface area contributed by atoms with Crippen molar-refractivity contribution in [2.75, 3.05) is 0 Å². The van der Waals surface area contributed by atoms with Gasteiger partial charge in [0.15, 0.2) is 0 Å². The SMILES string of the molecule is C=CC=C=C(C)/C=C\C.O=P([O-])(O)OCc1ccccc1.[Na+]. The van der Waals surface area contributed by atoms with E-state index in [4.69, 9.17) is 4.89 Å². The quantitative estimate of drug-likeness (QED) is 0.370. The maximum absolute atomic E-state index is 10.2. The minimum absolute atomic E-state index is 0. The maximum Gasteiger partial charge on any atom is 1.00 e. The van der Waals surface area contributed by atoms with Gasteiger partial charge < -0.3 is 14.3 Å². The molecule has 0 aliphatic heterocycles. The van der Waals surface area contributed by atoms with Gasteiger partial charge in [0.25, 0.3) is 7.82 Å². The molecule has 0 fully saturated rings.